The van der Waals surface area contributed by atoms with Crippen LogP contribution in [-0.2, 0) is 6.18 Å². The summed E-state index contributed by atoms with van der Waals surface area (Å²) in [4.78, 5) is 16.3. The minimum atomic E-state index is -4.62. The van der Waals surface area contributed by atoms with E-state index in [9.17, 15) is 18.0 Å². The zero-order valence-electron chi connectivity index (χ0n) is 9.78. The molecule has 4 nitrogen and oxygen atoms in total. The van der Waals surface area contributed by atoms with Crippen LogP contribution in [0.25, 0.3) is 11.3 Å². The van der Waals surface area contributed by atoms with Crippen LogP contribution >= 0.6 is 0 Å². The van der Waals surface area contributed by atoms with Crippen molar-refractivity contribution < 1.29 is 17.9 Å². The van der Waals surface area contributed by atoms with Gasteiger partial charge in [-0.1, -0.05) is 0 Å². The number of alkyl halides is 3. The maximum atomic E-state index is 12.6. The highest BCUT2D eigenvalue weighted by Crippen LogP contribution is 2.29. The van der Waals surface area contributed by atoms with Gasteiger partial charge in [-0.3, -0.25) is 0 Å². The van der Waals surface area contributed by atoms with Crippen molar-refractivity contribution >= 4 is 0 Å². The van der Waals surface area contributed by atoms with Gasteiger partial charge >= 0.3 is 11.9 Å². The molecule has 0 unspecified atom stereocenters. The van der Waals surface area contributed by atoms with Gasteiger partial charge in [0.05, 0.1) is 12.8 Å². The Kier molecular flexibility index (Phi) is 3.28. The Hall–Kier alpha value is -2.31. The molecule has 0 saturated carbocycles. The molecule has 100 valence electrons. The lowest BCUT2D eigenvalue weighted by Gasteiger charge is -2.08. The van der Waals surface area contributed by atoms with Crippen LogP contribution in [0.3, 0.4) is 0 Å². The van der Waals surface area contributed by atoms with E-state index in [4.69, 9.17) is 4.74 Å². The summed E-state index contributed by atoms with van der Waals surface area (Å²) < 4.78 is 42.6. The summed E-state index contributed by atoms with van der Waals surface area (Å²) in [5, 5.41) is 0. The minimum absolute atomic E-state index is 0.0428. The second kappa shape index (κ2) is 4.75. The summed E-state index contributed by atoms with van der Waals surface area (Å²) in [6, 6.07) is 7.00. The Morgan fingerprint density at radius 1 is 1.21 bits per heavy atom. The molecule has 0 saturated heterocycles. The van der Waals surface area contributed by atoms with Crippen molar-refractivity contribution in [2.24, 2.45) is 0 Å². The van der Waals surface area contributed by atoms with Crippen molar-refractivity contribution in [2.45, 2.75) is 6.18 Å². The molecule has 19 heavy (non-hydrogen) atoms. The molecule has 1 N–H and O–H groups in total. The van der Waals surface area contributed by atoms with Gasteiger partial charge < -0.3 is 9.72 Å². The molecule has 0 aliphatic heterocycles. The lowest BCUT2D eigenvalue weighted by atomic mass is 10.1. The van der Waals surface area contributed by atoms with Crippen LogP contribution in [-0.4, -0.2) is 17.1 Å². The fourth-order valence-corrected chi connectivity index (χ4v) is 1.52. The summed E-state index contributed by atoms with van der Waals surface area (Å²) in [6.45, 7) is 0. The lowest BCUT2D eigenvalue weighted by molar-refractivity contribution is -0.141. The van der Waals surface area contributed by atoms with E-state index >= 15 is 0 Å². The molecule has 0 spiro atoms. The van der Waals surface area contributed by atoms with Crippen LogP contribution in [0.15, 0.2) is 35.1 Å². The number of methoxy groups -OCH3 is 1. The van der Waals surface area contributed by atoms with Crippen molar-refractivity contribution in [1.29, 1.82) is 0 Å². The van der Waals surface area contributed by atoms with Gasteiger partial charge in [0.1, 0.15) is 11.4 Å². The van der Waals surface area contributed by atoms with Gasteiger partial charge in [-0.05, 0) is 30.3 Å². The van der Waals surface area contributed by atoms with Gasteiger partial charge in [0, 0.05) is 5.56 Å². The molecule has 0 aliphatic rings. The fourth-order valence-electron chi connectivity index (χ4n) is 1.52. The summed E-state index contributed by atoms with van der Waals surface area (Å²) in [6.07, 6.45) is -4.62. The number of nitrogens with zero attached hydrogens (tertiary/aromatic N) is 1. The summed E-state index contributed by atoms with van der Waals surface area (Å²) >= 11 is 0. The van der Waals surface area contributed by atoms with E-state index in [0.717, 1.165) is 6.07 Å². The van der Waals surface area contributed by atoms with Gasteiger partial charge in [-0.25, -0.2) is 4.79 Å². The largest absolute Gasteiger partial charge is 0.497 e. The molecule has 2 aromatic rings. The fraction of sp³-hybridized carbons (Fsp3) is 0.167. The monoisotopic (exact) mass is 270 g/mol. The smallest absolute Gasteiger partial charge is 0.431 e. The van der Waals surface area contributed by atoms with Crippen LogP contribution in [0.2, 0.25) is 0 Å². The number of hydrogen-bond acceptors (Lipinski definition) is 3. The predicted molar refractivity (Wildman–Crippen MR) is 61.8 cm³/mol. The van der Waals surface area contributed by atoms with Crippen LogP contribution < -0.4 is 10.4 Å². The second-order valence-corrected chi connectivity index (χ2v) is 3.71. The molecule has 1 aromatic carbocycles. The van der Waals surface area contributed by atoms with E-state index in [1.165, 1.54) is 19.2 Å². The number of ether oxygens (including phenoxy) is 1. The number of benzene rings is 1. The Bertz CT molecular complexity index is 633. The first-order valence-electron chi connectivity index (χ1n) is 5.23. The number of aromatic nitrogens is 2. The first-order chi connectivity index (χ1) is 8.90. The molecule has 1 heterocycles. The van der Waals surface area contributed by atoms with Crippen molar-refractivity contribution in [2.75, 3.05) is 7.11 Å². The molecular formula is C12H9F3N2O2. The Balaban J connectivity index is 2.49. The van der Waals surface area contributed by atoms with Crippen molar-refractivity contribution in [3.63, 3.8) is 0 Å². The van der Waals surface area contributed by atoms with E-state index in [0.29, 0.717) is 11.3 Å². The molecule has 0 fully saturated rings. The summed E-state index contributed by atoms with van der Waals surface area (Å²) in [5.74, 6) is 0.560. The van der Waals surface area contributed by atoms with Crippen molar-refractivity contribution in [3.05, 3.63) is 46.5 Å². The average molecular weight is 270 g/mol. The topological polar surface area (TPSA) is 55.0 Å². The van der Waals surface area contributed by atoms with Gasteiger partial charge in [-0.15, -0.1) is 0 Å². The van der Waals surface area contributed by atoms with E-state index in [1.54, 1.807) is 17.1 Å². The van der Waals surface area contributed by atoms with Crippen LogP contribution in [0.4, 0.5) is 13.2 Å². The molecule has 2 rings (SSSR count). The third kappa shape index (κ3) is 2.93. The molecule has 0 radical (unpaired) electrons. The van der Waals surface area contributed by atoms with Crippen molar-refractivity contribution in [3.8, 4) is 17.0 Å². The molecular weight excluding hydrogens is 261 g/mol. The quantitative estimate of drug-likeness (QED) is 0.912. The van der Waals surface area contributed by atoms with E-state index in [-0.39, 0.29) is 5.69 Å². The normalized spacial score (nSPS) is 11.4. The van der Waals surface area contributed by atoms with Gasteiger partial charge in [0.2, 0.25) is 0 Å². The Labute approximate surface area is 105 Å². The lowest BCUT2D eigenvalue weighted by Crippen LogP contribution is -2.19. The summed E-state index contributed by atoms with van der Waals surface area (Å²) in [7, 11) is 1.47. The highest BCUT2D eigenvalue weighted by Gasteiger charge is 2.32. The highest BCUT2D eigenvalue weighted by atomic mass is 19.4. The van der Waals surface area contributed by atoms with Crippen LogP contribution in [0.1, 0.15) is 5.69 Å². The highest BCUT2D eigenvalue weighted by molar-refractivity contribution is 5.60. The average Bonchev–Trinajstić information content (AvgIpc) is 2.37. The maximum absolute atomic E-state index is 12.6. The molecule has 0 amide bonds. The predicted octanol–water partition coefficient (Wildman–Crippen LogP) is 2.46. The zero-order chi connectivity index (χ0) is 14.0. The van der Waals surface area contributed by atoms with Crippen LogP contribution in [0.5, 0.6) is 5.75 Å². The number of nitrogens with one attached hydrogen (secondary N) is 1. The van der Waals surface area contributed by atoms with E-state index < -0.39 is 17.6 Å². The second-order valence-electron chi connectivity index (χ2n) is 3.71. The number of halogens is 3. The molecule has 7 heteroatoms. The maximum Gasteiger partial charge on any atom is 0.431 e. The Morgan fingerprint density at radius 2 is 1.84 bits per heavy atom. The minimum Gasteiger partial charge on any atom is -0.497 e. The number of hydrogen-bond donors (Lipinski definition) is 1. The first-order valence-corrected chi connectivity index (χ1v) is 5.23. The van der Waals surface area contributed by atoms with E-state index in [2.05, 4.69) is 4.98 Å². The Morgan fingerprint density at radius 3 is 2.37 bits per heavy atom. The standard InChI is InChI=1S/C12H9F3N2O2/c1-19-8-4-2-7(3-5-8)9-6-10(12(13,14)15)17-11(18)16-9/h2-6H,1H3,(H,16,17,18). The van der Waals surface area contributed by atoms with Gasteiger partial charge in [0.15, 0.2) is 0 Å². The van der Waals surface area contributed by atoms with Crippen LogP contribution in [0, 0.1) is 0 Å². The summed E-state index contributed by atoms with van der Waals surface area (Å²) in [5.41, 5.74) is -1.81. The van der Waals surface area contributed by atoms with E-state index in [1.807, 2.05) is 0 Å². The SMILES string of the molecule is COc1ccc(-c2cc(C(F)(F)F)[nH]c(=O)n2)cc1. The number of rotatable bonds is 2. The van der Waals surface area contributed by atoms with Gasteiger partial charge in [0.25, 0.3) is 0 Å². The number of H-pyrrole nitrogens is 1. The number of aromatic amines is 1. The van der Waals surface area contributed by atoms with Crippen molar-refractivity contribution in [1.82, 2.24) is 9.97 Å². The van der Waals surface area contributed by atoms with Gasteiger partial charge in [-0.2, -0.15) is 18.2 Å². The third-order valence-electron chi connectivity index (χ3n) is 2.44. The molecule has 0 bridgehead atoms. The third-order valence-corrected chi connectivity index (χ3v) is 2.44. The first kappa shape index (κ1) is 13.1. The molecule has 1 aromatic heterocycles. The molecule has 0 atom stereocenters. The molecule has 0 aliphatic carbocycles. The zero-order valence-corrected chi connectivity index (χ0v) is 9.78.